The number of hydrogen-bond donors (Lipinski definition) is 9. The molecule has 0 amide bonds. The summed E-state index contributed by atoms with van der Waals surface area (Å²) in [5, 5.41) is 59.2. The van der Waals surface area contributed by atoms with E-state index in [4.69, 9.17) is 49.9 Å². The fourth-order valence-corrected chi connectivity index (χ4v) is 17.6. The first-order valence-electron chi connectivity index (χ1n) is 44.1. The molecule has 6 aliphatic rings. The summed E-state index contributed by atoms with van der Waals surface area (Å²) < 4.78 is 10.4. The second-order valence-electron chi connectivity index (χ2n) is 34.1. The normalized spacial score (nSPS) is 18.2. The molecule has 0 aromatic carbocycles. The monoisotopic (exact) mass is 1700 g/mol. The molecule has 6 aromatic heterocycles. The highest BCUT2D eigenvalue weighted by atomic mass is 35.5. The van der Waals surface area contributed by atoms with Gasteiger partial charge < -0.3 is 86.7 Å². The van der Waals surface area contributed by atoms with E-state index in [2.05, 4.69) is 136 Å². The third kappa shape index (κ3) is 29.1. The van der Waals surface area contributed by atoms with Gasteiger partial charge in [0, 0.05) is 137 Å². The van der Waals surface area contributed by atoms with Crippen LogP contribution < -0.4 is 56.1 Å². The highest BCUT2D eigenvalue weighted by Gasteiger charge is 2.40. The summed E-state index contributed by atoms with van der Waals surface area (Å²) in [5.41, 5.74) is 19.4. The van der Waals surface area contributed by atoms with Crippen LogP contribution in [0.5, 0.6) is 11.8 Å². The molecule has 0 saturated carbocycles. The number of aromatic nitrogens is 13. The van der Waals surface area contributed by atoms with Crippen LogP contribution in [0.3, 0.4) is 0 Å². The van der Waals surface area contributed by atoms with Crippen LogP contribution in [0.2, 0.25) is 10.3 Å². The van der Waals surface area contributed by atoms with Crippen molar-refractivity contribution in [1.29, 1.82) is 0 Å². The average Bonchev–Trinajstić information content (AvgIpc) is 0.865. The van der Waals surface area contributed by atoms with Gasteiger partial charge in [0.2, 0.25) is 5.95 Å². The van der Waals surface area contributed by atoms with Gasteiger partial charge in [0.25, 0.3) is 0 Å². The van der Waals surface area contributed by atoms with E-state index in [0.717, 1.165) is 229 Å². The van der Waals surface area contributed by atoms with Crippen LogP contribution in [0.15, 0.2) is 49.8 Å². The van der Waals surface area contributed by atoms with Gasteiger partial charge in [-0.05, 0) is 162 Å². The maximum absolute atomic E-state index is 9.78. The Hall–Kier alpha value is -7.45. The van der Waals surface area contributed by atoms with Gasteiger partial charge in [0.15, 0.2) is 28.4 Å². The van der Waals surface area contributed by atoms with E-state index in [1.165, 1.54) is 96.0 Å². The van der Waals surface area contributed by atoms with Gasteiger partial charge in [0.1, 0.15) is 58.9 Å². The standard InChI is InChI=1S/C15H24ClN3O2.C15H26N4O2.C15H25N3O.C14H22ClN3O.C14H25N5O.C14H24N4O/c1-3-4-5-15(10-20)6-8-19(9-7-15)14-12(21-2)13(16)17-11-18-14;1-4-5-6-15(11-20)7-9-19(10-8-15)13-16-12(2)17-14(18-13)21-3;1-3-4-5-15(12-19)6-10-18(11-7-15)14-13(2)16-8-9-17-14;1-2-3-4-14(10-19)5-7-18(8-6-14)13-9-12(15)16-11-17-13;1-2-3-4-14(9-20)5-7-19(8-6-14)13-11(15)12(16)17-10-18-13;1-2-3-4-14(11-19)5-7-18(8-6-14)13-10-16-9-12(15)17-13/h11,20H,3-10H2,1-2H3;20H,4-11H2,1-3H3;8-9,19H,3-7,10-12H2,1-2H3;9,11,19H,2-8,10H2,1H3;10,20H,2-9,15H2,1H3,(H2,16,17,18);9-10,19H,2-8,11H2,1H3,(H2,15,17). The number of nitrogens with zero attached hydrogens (tertiary/aromatic N) is 19. The Morgan fingerprint density at radius 3 is 1.14 bits per heavy atom. The first kappa shape index (κ1) is 98.7. The Kier molecular flexibility index (Phi) is 41.6. The van der Waals surface area contributed by atoms with Crippen LogP contribution >= 0.6 is 23.2 Å². The molecule has 0 bridgehead atoms. The van der Waals surface area contributed by atoms with Crippen molar-refractivity contribution in [2.45, 2.75) is 248 Å². The van der Waals surface area contributed by atoms with Gasteiger partial charge in [-0.1, -0.05) is 142 Å². The second-order valence-corrected chi connectivity index (χ2v) is 34.9. The zero-order chi connectivity index (χ0) is 86.3. The number of unbranched alkanes of at least 4 members (excludes halogenated alkanes) is 6. The Balaban J connectivity index is 0.000000197. The van der Waals surface area contributed by atoms with Gasteiger partial charge in [-0.15, -0.1) is 0 Å². The summed E-state index contributed by atoms with van der Waals surface area (Å²) in [6, 6.07) is 2.17. The lowest BCUT2D eigenvalue weighted by atomic mass is 9.75. The quantitative estimate of drug-likeness (QED) is 0.0177. The molecule has 0 radical (unpaired) electrons. The van der Waals surface area contributed by atoms with Crippen molar-refractivity contribution in [1.82, 2.24) is 64.8 Å². The number of aliphatic hydroxyl groups excluding tert-OH is 6. The third-order valence-corrected chi connectivity index (χ3v) is 26.5. The van der Waals surface area contributed by atoms with Crippen LogP contribution in [0.4, 0.5) is 52.4 Å². The molecule has 0 atom stereocenters. The fourth-order valence-electron chi connectivity index (χ4n) is 17.2. The van der Waals surface area contributed by atoms with Gasteiger partial charge in [-0.3, -0.25) is 9.97 Å². The van der Waals surface area contributed by atoms with Crippen molar-refractivity contribution in [2.24, 2.45) is 32.5 Å². The predicted octanol–water partition coefficient (Wildman–Crippen LogP) is 13.6. The van der Waals surface area contributed by atoms with Crippen molar-refractivity contribution in [3.63, 3.8) is 0 Å². The number of methoxy groups -OCH3 is 2. The van der Waals surface area contributed by atoms with Gasteiger partial charge in [-0.25, -0.2) is 39.9 Å². The number of nitrogens with two attached hydrogens (primary N) is 3. The molecule has 0 aliphatic carbocycles. The number of rotatable bonds is 32. The van der Waals surface area contributed by atoms with Crippen LogP contribution in [-0.4, -0.2) is 228 Å². The molecule has 6 aliphatic heterocycles. The molecule has 12 rings (SSSR count). The van der Waals surface area contributed by atoms with Gasteiger partial charge in [0.05, 0.1) is 32.3 Å². The van der Waals surface area contributed by atoms with Crippen molar-refractivity contribution in [3.8, 4) is 11.8 Å². The molecule has 666 valence electrons. The maximum Gasteiger partial charge on any atom is 0.321 e. The molecular weight excluding hydrogens is 1550 g/mol. The lowest BCUT2D eigenvalue weighted by Crippen LogP contribution is -2.42. The summed E-state index contributed by atoms with van der Waals surface area (Å²) in [5.74, 6) is 6.89. The van der Waals surface area contributed by atoms with E-state index in [-0.39, 0.29) is 52.3 Å². The third-order valence-electron chi connectivity index (χ3n) is 26.0. The zero-order valence-electron chi connectivity index (χ0n) is 73.5. The van der Waals surface area contributed by atoms with E-state index in [1.807, 2.05) is 13.8 Å². The predicted molar refractivity (Wildman–Crippen MR) is 479 cm³/mol. The molecule has 0 unspecified atom stereocenters. The van der Waals surface area contributed by atoms with E-state index in [0.29, 0.717) is 71.0 Å². The molecule has 30 nitrogen and oxygen atoms in total. The highest BCUT2D eigenvalue weighted by Crippen LogP contribution is 2.45. The summed E-state index contributed by atoms with van der Waals surface area (Å²) in [7, 11) is 3.15. The van der Waals surface area contributed by atoms with Crippen LogP contribution in [0, 0.1) is 46.3 Å². The SMILES string of the molecule is CCCCC1(CO)CCN(c2cc(Cl)ncn2)CC1.CCCCC1(CO)CCN(c2cncc(N)n2)CC1.CCCCC1(CO)CCN(c2nc(C)nc(OC)n2)CC1.CCCCC1(CO)CCN(c2nccnc2C)CC1.CCCCC1(CO)CCN(c2ncnc(Cl)c2OC)CC1.CCCCC1(CO)CCN(c2ncnc(N)c2N)CC1. The van der Waals surface area contributed by atoms with E-state index in [1.54, 1.807) is 45.1 Å². The lowest BCUT2D eigenvalue weighted by Gasteiger charge is -2.41. The average molecular weight is 1700 g/mol. The van der Waals surface area contributed by atoms with Gasteiger partial charge in [-0.2, -0.15) is 15.0 Å². The smallest absolute Gasteiger partial charge is 0.321 e. The number of aliphatic hydroxyl groups is 6. The summed E-state index contributed by atoms with van der Waals surface area (Å²) in [6.45, 7) is 29.6. The molecule has 32 heteroatoms. The van der Waals surface area contributed by atoms with Crippen molar-refractivity contribution < 1.29 is 40.1 Å². The van der Waals surface area contributed by atoms with Crippen LogP contribution in [-0.2, 0) is 0 Å². The molecule has 12 heterocycles. The molecule has 6 aromatic rings. The van der Waals surface area contributed by atoms with E-state index in [9.17, 15) is 30.6 Å². The topological polar surface area (TPSA) is 405 Å². The lowest BCUT2D eigenvalue weighted by molar-refractivity contribution is 0.0843. The first-order chi connectivity index (χ1) is 57.5. The number of hydrogen-bond acceptors (Lipinski definition) is 30. The van der Waals surface area contributed by atoms with Crippen molar-refractivity contribution in [3.05, 3.63) is 71.7 Å². The summed E-state index contributed by atoms with van der Waals surface area (Å²) >= 11 is 12.0. The van der Waals surface area contributed by atoms with Crippen molar-refractivity contribution in [2.75, 3.05) is 179 Å². The first-order valence-corrected chi connectivity index (χ1v) is 44.9. The minimum atomic E-state index is 0.0660. The molecular formula is C87H146Cl2N22O8. The Bertz CT molecular complexity index is 3760. The number of piperidine rings is 6. The number of anilines is 9. The zero-order valence-corrected chi connectivity index (χ0v) is 75.1. The summed E-state index contributed by atoms with van der Waals surface area (Å²) in [6.07, 6.45) is 44.1. The van der Waals surface area contributed by atoms with Crippen molar-refractivity contribution >= 4 is 75.6 Å². The molecule has 119 heavy (non-hydrogen) atoms. The summed E-state index contributed by atoms with van der Waals surface area (Å²) in [4.78, 5) is 67.8. The second kappa shape index (κ2) is 50.2. The van der Waals surface area contributed by atoms with Crippen LogP contribution in [0.1, 0.15) is 246 Å². The Morgan fingerprint density at radius 1 is 0.387 bits per heavy atom. The Labute approximate surface area is 719 Å². The van der Waals surface area contributed by atoms with Gasteiger partial charge >= 0.3 is 6.01 Å². The highest BCUT2D eigenvalue weighted by molar-refractivity contribution is 6.31. The molecule has 12 N–H and O–H groups in total. The van der Waals surface area contributed by atoms with Crippen LogP contribution in [0.25, 0.3) is 0 Å². The van der Waals surface area contributed by atoms with E-state index < -0.39 is 0 Å². The molecule has 6 saturated heterocycles. The van der Waals surface area contributed by atoms with E-state index >= 15 is 0 Å². The number of nitrogen functional groups attached to an aromatic ring is 3. The number of ether oxygens (including phenoxy) is 2. The largest absolute Gasteiger partial charge is 0.490 e. The number of halogens is 2. The Morgan fingerprint density at radius 2 is 0.756 bits per heavy atom. The molecule has 0 spiro atoms. The maximum atomic E-state index is 9.78. The minimum absolute atomic E-state index is 0.0660. The fraction of sp³-hybridized carbons (Fsp3) is 0.736. The molecule has 6 fully saturated rings. The minimum Gasteiger partial charge on any atom is -0.490 e. The number of aryl methyl sites for hydroxylation is 2.